The molecule has 2 saturated carbocycles. The van der Waals surface area contributed by atoms with Crippen LogP contribution in [0.4, 0.5) is 0 Å². The molecule has 0 aliphatic heterocycles. The van der Waals surface area contributed by atoms with E-state index in [0.29, 0.717) is 17.6 Å². The lowest BCUT2D eigenvalue weighted by Crippen LogP contribution is -2.09. The van der Waals surface area contributed by atoms with Gasteiger partial charge in [-0.25, -0.2) is 0 Å². The van der Waals surface area contributed by atoms with Gasteiger partial charge in [-0.05, 0) is 61.5 Å². The van der Waals surface area contributed by atoms with Gasteiger partial charge in [-0.2, -0.15) is 11.8 Å². The maximum Gasteiger partial charge on any atom is 0.123 e. The molecule has 0 saturated heterocycles. The standard InChI is InChI=1S/C28H46OS/c1-3-13-23(14-4-2)27-20-24(22-15-9-8-10-16-22)19-25(28(27)29)21-30-26-17-11-6-5-7-12-18-26/h19-20,22-23,26,29H,3-18,21H2,1-2H3. The van der Waals surface area contributed by atoms with Gasteiger partial charge >= 0.3 is 0 Å². The Kier molecular flexibility index (Phi) is 10.4. The Bertz CT molecular complexity index is 605. The molecule has 0 radical (unpaired) electrons. The number of phenolic OH excluding ortho intramolecular Hbond substituents is 1. The van der Waals surface area contributed by atoms with Gasteiger partial charge in [0.15, 0.2) is 0 Å². The fraction of sp³-hybridized carbons (Fsp3) is 0.786. The minimum absolute atomic E-state index is 0.522. The van der Waals surface area contributed by atoms with Gasteiger partial charge in [0.25, 0.3) is 0 Å². The molecule has 2 heteroatoms. The molecule has 2 aliphatic rings. The molecule has 1 nitrogen and oxygen atoms in total. The van der Waals surface area contributed by atoms with Crippen molar-refractivity contribution in [2.75, 3.05) is 0 Å². The summed E-state index contributed by atoms with van der Waals surface area (Å²) < 4.78 is 0. The van der Waals surface area contributed by atoms with E-state index in [0.717, 1.165) is 11.0 Å². The Morgan fingerprint density at radius 2 is 1.40 bits per heavy atom. The molecule has 0 bridgehead atoms. The lowest BCUT2D eigenvalue weighted by molar-refractivity contribution is 0.433. The van der Waals surface area contributed by atoms with E-state index in [9.17, 15) is 5.11 Å². The summed E-state index contributed by atoms with van der Waals surface area (Å²) in [6.45, 7) is 4.58. The minimum Gasteiger partial charge on any atom is -0.507 e. The van der Waals surface area contributed by atoms with Crippen molar-refractivity contribution in [3.8, 4) is 5.75 Å². The van der Waals surface area contributed by atoms with Crippen LogP contribution in [0.3, 0.4) is 0 Å². The highest BCUT2D eigenvalue weighted by Crippen LogP contribution is 2.42. The molecule has 0 atom stereocenters. The predicted octanol–water partition coefficient (Wildman–Crippen LogP) is 9.47. The zero-order chi connectivity index (χ0) is 21.2. The number of thioether (sulfide) groups is 1. The van der Waals surface area contributed by atoms with Crippen molar-refractivity contribution in [1.29, 1.82) is 0 Å². The van der Waals surface area contributed by atoms with Gasteiger partial charge in [-0.15, -0.1) is 0 Å². The SMILES string of the molecule is CCCC(CCC)c1cc(C2CCCCC2)cc(CSC2CCCCCCC2)c1O. The van der Waals surface area contributed by atoms with E-state index in [2.05, 4.69) is 37.7 Å². The Labute approximate surface area is 190 Å². The highest BCUT2D eigenvalue weighted by molar-refractivity contribution is 7.99. The second-order valence-electron chi connectivity index (χ2n) is 10.0. The van der Waals surface area contributed by atoms with Gasteiger partial charge in [0.2, 0.25) is 0 Å². The molecule has 1 aromatic carbocycles. The summed E-state index contributed by atoms with van der Waals surface area (Å²) in [5.74, 6) is 2.87. The summed E-state index contributed by atoms with van der Waals surface area (Å²) in [5.41, 5.74) is 4.04. The highest BCUT2D eigenvalue weighted by Gasteiger charge is 2.23. The third kappa shape index (κ3) is 6.94. The highest BCUT2D eigenvalue weighted by atomic mass is 32.2. The van der Waals surface area contributed by atoms with E-state index in [1.54, 1.807) is 0 Å². The first kappa shape index (κ1) is 24.0. The molecule has 0 amide bonds. The maximum atomic E-state index is 11.4. The summed E-state index contributed by atoms with van der Waals surface area (Å²) in [6, 6.07) is 4.82. The fourth-order valence-electron chi connectivity index (χ4n) is 5.78. The largest absolute Gasteiger partial charge is 0.507 e. The minimum atomic E-state index is 0.522. The molecule has 2 fully saturated rings. The van der Waals surface area contributed by atoms with Crippen molar-refractivity contribution in [3.63, 3.8) is 0 Å². The van der Waals surface area contributed by atoms with Crippen LogP contribution in [0.15, 0.2) is 12.1 Å². The van der Waals surface area contributed by atoms with Crippen LogP contribution in [-0.2, 0) is 5.75 Å². The first-order valence-corrected chi connectivity index (χ1v) is 14.2. The molecular formula is C28H46OS. The number of rotatable bonds is 9. The van der Waals surface area contributed by atoms with Gasteiger partial charge in [0, 0.05) is 16.6 Å². The summed E-state index contributed by atoms with van der Waals surface area (Å²) in [6.07, 6.45) is 21.4. The summed E-state index contributed by atoms with van der Waals surface area (Å²) in [4.78, 5) is 0. The molecule has 0 spiro atoms. The third-order valence-electron chi connectivity index (χ3n) is 7.56. The predicted molar refractivity (Wildman–Crippen MR) is 134 cm³/mol. The maximum absolute atomic E-state index is 11.4. The molecule has 3 rings (SSSR count). The number of phenols is 1. The first-order valence-electron chi connectivity index (χ1n) is 13.2. The molecular weight excluding hydrogens is 384 g/mol. The average molecular weight is 431 g/mol. The van der Waals surface area contributed by atoms with Crippen molar-refractivity contribution < 1.29 is 5.11 Å². The third-order valence-corrected chi connectivity index (χ3v) is 8.98. The quantitative estimate of drug-likeness (QED) is 0.421. The zero-order valence-electron chi connectivity index (χ0n) is 19.8. The van der Waals surface area contributed by atoms with Gasteiger partial charge in [0.05, 0.1) is 0 Å². The van der Waals surface area contributed by atoms with Crippen LogP contribution in [-0.4, -0.2) is 10.4 Å². The molecule has 1 aromatic rings. The lowest BCUT2D eigenvalue weighted by atomic mass is 9.80. The normalized spacial score (nSPS) is 19.7. The van der Waals surface area contributed by atoms with E-state index in [-0.39, 0.29) is 0 Å². The summed E-state index contributed by atoms with van der Waals surface area (Å²) in [7, 11) is 0. The summed E-state index contributed by atoms with van der Waals surface area (Å²) >= 11 is 2.13. The van der Waals surface area contributed by atoms with Crippen LogP contribution in [0, 0.1) is 0 Å². The number of hydrogen-bond acceptors (Lipinski definition) is 2. The van der Waals surface area contributed by atoms with E-state index < -0.39 is 0 Å². The smallest absolute Gasteiger partial charge is 0.123 e. The Hall–Kier alpha value is -0.630. The van der Waals surface area contributed by atoms with Gasteiger partial charge in [0.1, 0.15) is 5.75 Å². The zero-order valence-corrected chi connectivity index (χ0v) is 20.6. The Morgan fingerprint density at radius 1 is 0.833 bits per heavy atom. The van der Waals surface area contributed by atoms with Crippen molar-refractivity contribution in [3.05, 3.63) is 28.8 Å². The van der Waals surface area contributed by atoms with Gasteiger partial charge < -0.3 is 5.11 Å². The first-order chi connectivity index (χ1) is 14.7. The Morgan fingerprint density at radius 3 is 2.03 bits per heavy atom. The average Bonchev–Trinajstić information content (AvgIpc) is 2.74. The van der Waals surface area contributed by atoms with Crippen LogP contribution in [0.2, 0.25) is 0 Å². The number of aromatic hydroxyl groups is 1. The van der Waals surface area contributed by atoms with E-state index >= 15 is 0 Å². The fourth-order valence-corrected chi connectivity index (χ4v) is 7.08. The van der Waals surface area contributed by atoms with Crippen molar-refractivity contribution >= 4 is 11.8 Å². The van der Waals surface area contributed by atoms with Crippen molar-refractivity contribution in [1.82, 2.24) is 0 Å². The number of benzene rings is 1. The van der Waals surface area contributed by atoms with E-state index in [1.165, 1.54) is 119 Å². The van der Waals surface area contributed by atoms with Crippen LogP contribution >= 0.6 is 11.8 Å². The van der Waals surface area contributed by atoms with Crippen LogP contribution in [0.1, 0.15) is 145 Å². The molecule has 0 aromatic heterocycles. The molecule has 30 heavy (non-hydrogen) atoms. The molecule has 2 aliphatic carbocycles. The number of hydrogen-bond donors (Lipinski definition) is 1. The second-order valence-corrected chi connectivity index (χ2v) is 11.3. The second kappa shape index (κ2) is 13.0. The summed E-state index contributed by atoms with van der Waals surface area (Å²) in [5, 5.41) is 12.1. The van der Waals surface area contributed by atoms with Gasteiger partial charge in [-0.3, -0.25) is 0 Å². The van der Waals surface area contributed by atoms with Gasteiger partial charge in [-0.1, -0.05) is 90.2 Å². The lowest BCUT2D eigenvalue weighted by Gasteiger charge is -2.27. The van der Waals surface area contributed by atoms with E-state index in [4.69, 9.17) is 0 Å². The van der Waals surface area contributed by atoms with Crippen molar-refractivity contribution in [2.24, 2.45) is 0 Å². The monoisotopic (exact) mass is 430 g/mol. The molecule has 0 unspecified atom stereocenters. The van der Waals surface area contributed by atoms with E-state index in [1.807, 2.05) is 0 Å². The van der Waals surface area contributed by atoms with Crippen LogP contribution < -0.4 is 0 Å². The molecule has 0 heterocycles. The molecule has 170 valence electrons. The van der Waals surface area contributed by atoms with Crippen molar-refractivity contribution in [2.45, 2.75) is 139 Å². The topological polar surface area (TPSA) is 20.2 Å². The Balaban J connectivity index is 1.82. The van der Waals surface area contributed by atoms with Crippen LogP contribution in [0.5, 0.6) is 5.75 Å². The van der Waals surface area contributed by atoms with Crippen LogP contribution in [0.25, 0.3) is 0 Å². The molecule has 1 N–H and O–H groups in total.